The molecule has 1 fully saturated rings. The lowest BCUT2D eigenvalue weighted by Crippen LogP contribution is -2.39. The predicted octanol–water partition coefficient (Wildman–Crippen LogP) is 1.22. The smallest absolute Gasteiger partial charge is 0.272 e. The quantitative estimate of drug-likeness (QED) is 0.898. The highest BCUT2D eigenvalue weighted by Crippen LogP contribution is 2.23. The molecule has 1 N–H and O–H groups in total. The van der Waals surface area contributed by atoms with Gasteiger partial charge in [-0.2, -0.15) is 0 Å². The van der Waals surface area contributed by atoms with E-state index in [2.05, 4.69) is 15.2 Å². The molecule has 0 spiro atoms. The number of pyridine rings is 1. The minimum atomic E-state index is -0.0457. The maximum atomic E-state index is 12.0. The number of carbonyl (C=O) groups is 1. The van der Waals surface area contributed by atoms with Crippen LogP contribution in [0.25, 0.3) is 0 Å². The van der Waals surface area contributed by atoms with Crippen LogP contribution in [0.1, 0.15) is 23.3 Å². The third kappa shape index (κ3) is 3.48. The largest absolute Gasteiger partial charge is 0.371 e. The van der Waals surface area contributed by atoms with Crippen molar-refractivity contribution in [1.29, 1.82) is 0 Å². The molecule has 20 heavy (non-hydrogen) atoms. The van der Waals surface area contributed by atoms with E-state index in [1.165, 1.54) is 12.8 Å². The SMILES string of the molecule is CNCC1CCCN(c2ccnc(C(=O)N(C)C)c2)C1. The third-order valence-corrected chi connectivity index (χ3v) is 3.75. The van der Waals surface area contributed by atoms with Crippen LogP contribution in [0.4, 0.5) is 5.69 Å². The number of hydrogen-bond donors (Lipinski definition) is 1. The molecule has 0 saturated carbocycles. The third-order valence-electron chi connectivity index (χ3n) is 3.75. The van der Waals surface area contributed by atoms with E-state index in [4.69, 9.17) is 0 Å². The molecule has 5 nitrogen and oxygen atoms in total. The summed E-state index contributed by atoms with van der Waals surface area (Å²) in [5.41, 5.74) is 1.62. The van der Waals surface area contributed by atoms with Gasteiger partial charge in [-0.15, -0.1) is 0 Å². The second-order valence-electron chi connectivity index (χ2n) is 5.61. The first-order valence-corrected chi connectivity index (χ1v) is 7.19. The molecule has 1 amide bonds. The maximum Gasteiger partial charge on any atom is 0.272 e. The summed E-state index contributed by atoms with van der Waals surface area (Å²) < 4.78 is 0. The fourth-order valence-corrected chi connectivity index (χ4v) is 2.72. The van der Waals surface area contributed by atoms with Gasteiger partial charge in [0.2, 0.25) is 0 Å². The van der Waals surface area contributed by atoms with Crippen molar-refractivity contribution in [2.45, 2.75) is 12.8 Å². The molecule has 1 aromatic rings. The van der Waals surface area contributed by atoms with Crippen molar-refractivity contribution in [2.24, 2.45) is 5.92 Å². The fourth-order valence-electron chi connectivity index (χ4n) is 2.72. The second-order valence-corrected chi connectivity index (χ2v) is 5.61. The van der Waals surface area contributed by atoms with Crippen molar-refractivity contribution >= 4 is 11.6 Å². The van der Waals surface area contributed by atoms with Gasteiger partial charge in [0.15, 0.2) is 0 Å². The molecule has 5 heteroatoms. The van der Waals surface area contributed by atoms with E-state index in [9.17, 15) is 4.79 Å². The summed E-state index contributed by atoms with van der Waals surface area (Å²) in [4.78, 5) is 20.1. The Morgan fingerprint density at radius 2 is 2.35 bits per heavy atom. The van der Waals surface area contributed by atoms with Crippen LogP contribution in [0.2, 0.25) is 0 Å². The lowest BCUT2D eigenvalue weighted by atomic mass is 9.97. The topological polar surface area (TPSA) is 48.5 Å². The molecule has 1 saturated heterocycles. The van der Waals surface area contributed by atoms with Gasteiger partial charge in [0.1, 0.15) is 5.69 Å². The molecule has 1 aromatic heterocycles. The van der Waals surface area contributed by atoms with Crippen molar-refractivity contribution in [1.82, 2.24) is 15.2 Å². The van der Waals surface area contributed by atoms with Gasteiger partial charge in [-0.3, -0.25) is 9.78 Å². The van der Waals surface area contributed by atoms with E-state index in [-0.39, 0.29) is 5.91 Å². The molecule has 1 aliphatic rings. The van der Waals surface area contributed by atoms with Gasteiger partial charge >= 0.3 is 0 Å². The molecule has 2 heterocycles. The van der Waals surface area contributed by atoms with Gasteiger partial charge in [-0.1, -0.05) is 0 Å². The monoisotopic (exact) mass is 276 g/mol. The summed E-state index contributed by atoms with van der Waals surface area (Å²) >= 11 is 0. The molecule has 110 valence electrons. The number of anilines is 1. The average molecular weight is 276 g/mol. The lowest BCUT2D eigenvalue weighted by molar-refractivity contribution is 0.0822. The maximum absolute atomic E-state index is 12.0. The lowest BCUT2D eigenvalue weighted by Gasteiger charge is -2.34. The van der Waals surface area contributed by atoms with E-state index in [0.29, 0.717) is 11.6 Å². The fraction of sp³-hybridized carbons (Fsp3) is 0.600. The van der Waals surface area contributed by atoms with Crippen LogP contribution in [-0.4, -0.2) is 56.6 Å². The summed E-state index contributed by atoms with van der Waals surface area (Å²) in [7, 11) is 5.50. The van der Waals surface area contributed by atoms with Crippen LogP contribution in [0, 0.1) is 5.92 Å². The van der Waals surface area contributed by atoms with Crippen molar-refractivity contribution in [3.8, 4) is 0 Å². The Hall–Kier alpha value is -1.62. The normalized spacial score (nSPS) is 18.9. The van der Waals surface area contributed by atoms with Crippen LogP contribution in [0.15, 0.2) is 18.3 Å². The first kappa shape index (κ1) is 14.8. The predicted molar refractivity (Wildman–Crippen MR) is 81.1 cm³/mol. The number of aromatic nitrogens is 1. The van der Waals surface area contributed by atoms with Crippen molar-refractivity contribution in [3.05, 3.63) is 24.0 Å². The standard InChI is InChI=1S/C15H24N4O/c1-16-10-12-5-4-8-19(11-12)13-6-7-17-14(9-13)15(20)18(2)3/h6-7,9,12,16H,4-5,8,10-11H2,1-3H3. The minimum absolute atomic E-state index is 0.0457. The second kappa shape index (κ2) is 6.70. The number of amides is 1. The Balaban J connectivity index is 2.12. The Morgan fingerprint density at radius 3 is 3.05 bits per heavy atom. The Kier molecular flexibility index (Phi) is 4.95. The van der Waals surface area contributed by atoms with E-state index in [0.717, 1.165) is 25.3 Å². The van der Waals surface area contributed by atoms with Gasteiger partial charge in [0.05, 0.1) is 0 Å². The van der Waals surface area contributed by atoms with Crippen molar-refractivity contribution < 1.29 is 4.79 Å². The van der Waals surface area contributed by atoms with Crippen LogP contribution < -0.4 is 10.2 Å². The van der Waals surface area contributed by atoms with E-state index >= 15 is 0 Å². The number of hydrogen-bond acceptors (Lipinski definition) is 4. The first-order valence-electron chi connectivity index (χ1n) is 7.19. The Bertz CT molecular complexity index is 459. The molecule has 0 radical (unpaired) electrons. The molecule has 1 aliphatic heterocycles. The van der Waals surface area contributed by atoms with Crippen LogP contribution in [-0.2, 0) is 0 Å². The number of carbonyl (C=O) groups excluding carboxylic acids is 1. The highest BCUT2D eigenvalue weighted by atomic mass is 16.2. The summed E-state index contributed by atoms with van der Waals surface area (Å²) in [6.45, 7) is 3.14. The van der Waals surface area contributed by atoms with Gasteiger partial charge < -0.3 is 15.1 Å². The highest BCUT2D eigenvalue weighted by Gasteiger charge is 2.20. The zero-order valence-electron chi connectivity index (χ0n) is 12.6. The number of nitrogens with zero attached hydrogens (tertiary/aromatic N) is 3. The zero-order valence-corrected chi connectivity index (χ0v) is 12.6. The molecule has 2 rings (SSSR count). The molecular weight excluding hydrogens is 252 g/mol. The molecule has 0 bridgehead atoms. The minimum Gasteiger partial charge on any atom is -0.371 e. The molecule has 1 unspecified atom stereocenters. The zero-order chi connectivity index (χ0) is 14.5. The molecular formula is C15H24N4O. The summed E-state index contributed by atoms with van der Waals surface area (Å²) in [6.07, 6.45) is 4.20. The Labute approximate surface area is 121 Å². The van der Waals surface area contributed by atoms with Gasteiger partial charge in [-0.25, -0.2) is 0 Å². The van der Waals surface area contributed by atoms with E-state index in [1.807, 2.05) is 19.2 Å². The van der Waals surface area contributed by atoms with Crippen LogP contribution in [0.3, 0.4) is 0 Å². The van der Waals surface area contributed by atoms with Gasteiger partial charge in [0, 0.05) is 39.1 Å². The number of piperidine rings is 1. The molecule has 1 atom stereocenters. The van der Waals surface area contributed by atoms with Gasteiger partial charge in [-0.05, 0) is 44.5 Å². The van der Waals surface area contributed by atoms with Crippen LogP contribution >= 0.6 is 0 Å². The first-order chi connectivity index (χ1) is 9.61. The van der Waals surface area contributed by atoms with E-state index < -0.39 is 0 Å². The molecule has 0 aliphatic carbocycles. The Morgan fingerprint density at radius 1 is 1.55 bits per heavy atom. The van der Waals surface area contributed by atoms with Crippen molar-refractivity contribution in [3.63, 3.8) is 0 Å². The summed E-state index contributed by atoms with van der Waals surface area (Å²) in [6, 6.07) is 3.90. The number of rotatable bonds is 4. The highest BCUT2D eigenvalue weighted by molar-refractivity contribution is 5.92. The number of nitrogens with one attached hydrogen (secondary N) is 1. The average Bonchev–Trinajstić information content (AvgIpc) is 2.47. The van der Waals surface area contributed by atoms with Crippen molar-refractivity contribution in [2.75, 3.05) is 45.7 Å². The summed E-state index contributed by atoms with van der Waals surface area (Å²) in [5.74, 6) is 0.630. The summed E-state index contributed by atoms with van der Waals surface area (Å²) in [5, 5.41) is 3.25. The van der Waals surface area contributed by atoms with Gasteiger partial charge in [0.25, 0.3) is 5.91 Å². The van der Waals surface area contributed by atoms with E-state index in [1.54, 1.807) is 25.2 Å². The molecule has 0 aromatic carbocycles. The van der Waals surface area contributed by atoms with Crippen LogP contribution in [0.5, 0.6) is 0 Å².